The van der Waals surface area contributed by atoms with E-state index in [9.17, 15) is 0 Å². The highest BCUT2D eigenvalue weighted by Crippen LogP contribution is 2.28. The van der Waals surface area contributed by atoms with Crippen LogP contribution in [0.1, 0.15) is 27.2 Å². The van der Waals surface area contributed by atoms with Crippen LogP contribution in [0.3, 0.4) is 0 Å². The van der Waals surface area contributed by atoms with Crippen LogP contribution < -0.4 is 5.32 Å². The summed E-state index contributed by atoms with van der Waals surface area (Å²) in [6.45, 7) is 12.9. The molecule has 1 aliphatic rings. The van der Waals surface area contributed by atoms with Gasteiger partial charge in [-0.2, -0.15) is 11.8 Å². The minimum absolute atomic E-state index is 0.461. The molecule has 3 heteroatoms. The SMILES string of the molecule is CCCNCCN1CCSC(C)(C)C1. The molecule has 0 aromatic heterocycles. The van der Waals surface area contributed by atoms with E-state index in [2.05, 4.69) is 42.7 Å². The van der Waals surface area contributed by atoms with E-state index in [1.54, 1.807) is 0 Å². The van der Waals surface area contributed by atoms with Crippen LogP contribution in [0.15, 0.2) is 0 Å². The summed E-state index contributed by atoms with van der Waals surface area (Å²) in [6.07, 6.45) is 1.24. The van der Waals surface area contributed by atoms with Crippen molar-refractivity contribution < 1.29 is 0 Å². The predicted octanol–water partition coefficient (Wildman–Crippen LogP) is 1.81. The summed E-state index contributed by atoms with van der Waals surface area (Å²) in [5, 5.41) is 3.46. The van der Waals surface area contributed by atoms with E-state index in [1.165, 1.54) is 31.8 Å². The average molecular weight is 216 g/mol. The van der Waals surface area contributed by atoms with Gasteiger partial charge in [-0.05, 0) is 26.8 Å². The Hall–Kier alpha value is 0.270. The zero-order valence-electron chi connectivity index (χ0n) is 9.81. The highest BCUT2D eigenvalue weighted by molar-refractivity contribution is 8.00. The van der Waals surface area contributed by atoms with Crippen LogP contribution in [-0.4, -0.2) is 48.1 Å². The van der Waals surface area contributed by atoms with E-state index < -0.39 is 0 Å². The van der Waals surface area contributed by atoms with Gasteiger partial charge in [0.25, 0.3) is 0 Å². The van der Waals surface area contributed by atoms with Gasteiger partial charge < -0.3 is 5.32 Å². The van der Waals surface area contributed by atoms with Crippen LogP contribution in [0.4, 0.5) is 0 Å². The first-order valence-corrected chi connectivity index (χ1v) is 6.69. The van der Waals surface area contributed by atoms with Crippen molar-refractivity contribution in [2.75, 3.05) is 38.5 Å². The predicted molar refractivity (Wildman–Crippen MR) is 66.1 cm³/mol. The number of hydrogen-bond acceptors (Lipinski definition) is 3. The topological polar surface area (TPSA) is 15.3 Å². The summed E-state index contributed by atoms with van der Waals surface area (Å²) in [5.74, 6) is 1.29. The Balaban J connectivity index is 2.12. The maximum absolute atomic E-state index is 3.46. The molecule has 0 aromatic carbocycles. The van der Waals surface area contributed by atoms with E-state index in [0.717, 1.165) is 13.1 Å². The van der Waals surface area contributed by atoms with Gasteiger partial charge in [-0.3, -0.25) is 4.90 Å². The minimum Gasteiger partial charge on any atom is -0.315 e. The van der Waals surface area contributed by atoms with Gasteiger partial charge in [-0.15, -0.1) is 0 Å². The maximum atomic E-state index is 3.46. The quantitative estimate of drug-likeness (QED) is 0.706. The molecule has 0 amide bonds. The highest BCUT2D eigenvalue weighted by Gasteiger charge is 2.26. The van der Waals surface area contributed by atoms with Gasteiger partial charge in [0.05, 0.1) is 0 Å². The molecular formula is C11H24N2S. The fraction of sp³-hybridized carbons (Fsp3) is 1.00. The third-order valence-corrected chi connectivity index (χ3v) is 3.83. The fourth-order valence-corrected chi connectivity index (χ4v) is 3.02. The van der Waals surface area contributed by atoms with Crippen LogP contribution in [0.2, 0.25) is 0 Å². The number of thioether (sulfide) groups is 1. The van der Waals surface area contributed by atoms with Crippen molar-refractivity contribution in [3.8, 4) is 0 Å². The van der Waals surface area contributed by atoms with E-state index in [4.69, 9.17) is 0 Å². The molecule has 0 spiro atoms. The number of rotatable bonds is 5. The minimum atomic E-state index is 0.461. The lowest BCUT2D eigenvalue weighted by Crippen LogP contribution is -2.45. The molecule has 0 aliphatic carbocycles. The van der Waals surface area contributed by atoms with Gasteiger partial charge in [0.1, 0.15) is 0 Å². The Kier molecular flexibility index (Phi) is 5.28. The van der Waals surface area contributed by atoms with Gasteiger partial charge in [-0.25, -0.2) is 0 Å². The monoisotopic (exact) mass is 216 g/mol. The molecule has 1 aliphatic heterocycles. The summed E-state index contributed by atoms with van der Waals surface area (Å²) < 4.78 is 0.461. The van der Waals surface area contributed by atoms with Crippen molar-refractivity contribution in [2.45, 2.75) is 31.9 Å². The second-order valence-corrected chi connectivity index (χ2v) is 6.44. The summed E-state index contributed by atoms with van der Waals surface area (Å²) in [4.78, 5) is 2.58. The van der Waals surface area contributed by atoms with Crippen molar-refractivity contribution in [3.63, 3.8) is 0 Å². The molecule has 1 fully saturated rings. The van der Waals surface area contributed by atoms with Crippen LogP contribution in [-0.2, 0) is 0 Å². The zero-order chi connectivity index (χ0) is 10.4. The Morgan fingerprint density at radius 2 is 2.14 bits per heavy atom. The molecule has 1 saturated heterocycles. The molecule has 0 radical (unpaired) electrons. The van der Waals surface area contributed by atoms with Crippen LogP contribution in [0.5, 0.6) is 0 Å². The fourth-order valence-electron chi connectivity index (χ4n) is 1.84. The second-order valence-electron chi connectivity index (χ2n) is 4.63. The molecule has 0 aromatic rings. The summed E-state index contributed by atoms with van der Waals surface area (Å²) in [5.41, 5.74) is 0. The first kappa shape index (κ1) is 12.3. The molecule has 14 heavy (non-hydrogen) atoms. The van der Waals surface area contributed by atoms with Gasteiger partial charge in [0.2, 0.25) is 0 Å². The maximum Gasteiger partial charge on any atom is 0.0231 e. The van der Waals surface area contributed by atoms with E-state index >= 15 is 0 Å². The highest BCUT2D eigenvalue weighted by atomic mass is 32.2. The van der Waals surface area contributed by atoms with E-state index in [-0.39, 0.29) is 0 Å². The molecule has 84 valence electrons. The molecule has 0 atom stereocenters. The summed E-state index contributed by atoms with van der Waals surface area (Å²) in [7, 11) is 0. The smallest absolute Gasteiger partial charge is 0.0231 e. The van der Waals surface area contributed by atoms with E-state index in [0.29, 0.717) is 4.75 Å². The van der Waals surface area contributed by atoms with Crippen molar-refractivity contribution >= 4 is 11.8 Å². The lowest BCUT2D eigenvalue weighted by Gasteiger charge is -2.37. The van der Waals surface area contributed by atoms with Crippen molar-refractivity contribution in [3.05, 3.63) is 0 Å². The lowest BCUT2D eigenvalue weighted by atomic mass is 10.2. The zero-order valence-corrected chi connectivity index (χ0v) is 10.6. The third kappa shape index (κ3) is 4.67. The van der Waals surface area contributed by atoms with Crippen molar-refractivity contribution in [2.24, 2.45) is 0 Å². The standard InChI is InChI=1S/C11H24N2S/c1-4-5-12-6-7-13-8-9-14-11(2,3)10-13/h12H,4-10H2,1-3H3. The molecule has 0 saturated carbocycles. The summed E-state index contributed by atoms with van der Waals surface area (Å²) in [6, 6.07) is 0. The van der Waals surface area contributed by atoms with Crippen LogP contribution in [0.25, 0.3) is 0 Å². The second kappa shape index (κ2) is 5.99. The largest absolute Gasteiger partial charge is 0.315 e. The van der Waals surface area contributed by atoms with Gasteiger partial charge in [-0.1, -0.05) is 6.92 Å². The third-order valence-electron chi connectivity index (χ3n) is 2.54. The Morgan fingerprint density at radius 3 is 2.79 bits per heavy atom. The summed E-state index contributed by atoms with van der Waals surface area (Å²) >= 11 is 2.11. The molecule has 1 rings (SSSR count). The normalized spacial score (nSPS) is 22.5. The lowest BCUT2D eigenvalue weighted by molar-refractivity contribution is 0.260. The van der Waals surface area contributed by atoms with Crippen LogP contribution >= 0.6 is 11.8 Å². The van der Waals surface area contributed by atoms with Crippen LogP contribution in [0, 0.1) is 0 Å². The van der Waals surface area contributed by atoms with Crippen molar-refractivity contribution in [1.82, 2.24) is 10.2 Å². The Labute approximate surface area is 92.8 Å². The van der Waals surface area contributed by atoms with Crippen molar-refractivity contribution in [1.29, 1.82) is 0 Å². The van der Waals surface area contributed by atoms with E-state index in [1.807, 2.05) is 0 Å². The molecule has 1 heterocycles. The number of nitrogens with one attached hydrogen (secondary N) is 1. The Bertz CT molecular complexity index is 159. The average Bonchev–Trinajstić information content (AvgIpc) is 2.11. The number of hydrogen-bond donors (Lipinski definition) is 1. The molecular weight excluding hydrogens is 192 g/mol. The number of nitrogens with zero attached hydrogens (tertiary/aromatic N) is 1. The van der Waals surface area contributed by atoms with Gasteiger partial charge in [0, 0.05) is 36.7 Å². The molecule has 0 unspecified atom stereocenters. The molecule has 1 N–H and O–H groups in total. The first-order chi connectivity index (χ1) is 6.64. The molecule has 0 bridgehead atoms. The van der Waals surface area contributed by atoms with Gasteiger partial charge >= 0.3 is 0 Å². The Morgan fingerprint density at radius 1 is 1.36 bits per heavy atom. The van der Waals surface area contributed by atoms with Gasteiger partial charge in [0.15, 0.2) is 0 Å². The molecule has 2 nitrogen and oxygen atoms in total. The first-order valence-electron chi connectivity index (χ1n) is 5.71.